The summed E-state index contributed by atoms with van der Waals surface area (Å²) in [5.41, 5.74) is 0. The SMILES string of the molecule is C[C@@H](NC(=O)NCCCCC1CCSS1)C(=O)O. The maximum absolute atomic E-state index is 11.3. The molecule has 0 aromatic heterocycles. The zero-order valence-electron chi connectivity index (χ0n) is 10.5. The number of rotatable bonds is 7. The highest BCUT2D eigenvalue weighted by Gasteiger charge is 2.16. The first-order valence-electron chi connectivity index (χ1n) is 6.15. The molecule has 0 saturated carbocycles. The molecule has 0 aromatic rings. The van der Waals surface area contributed by atoms with Gasteiger partial charge in [0.05, 0.1) is 0 Å². The molecule has 1 fully saturated rings. The zero-order valence-corrected chi connectivity index (χ0v) is 12.1. The van der Waals surface area contributed by atoms with E-state index < -0.39 is 18.0 Å². The Morgan fingerprint density at radius 1 is 1.44 bits per heavy atom. The molecule has 7 heteroatoms. The lowest BCUT2D eigenvalue weighted by Crippen LogP contribution is -2.44. The van der Waals surface area contributed by atoms with E-state index in [-0.39, 0.29) is 0 Å². The second-order valence-electron chi connectivity index (χ2n) is 4.28. The summed E-state index contributed by atoms with van der Waals surface area (Å²) in [7, 11) is 3.91. The minimum absolute atomic E-state index is 0.407. The van der Waals surface area contributed by atoms with Crippen LogP contribution in [0.25, 0.3) is 0 Å². The van der Waals surface area contributed by atoms with Crippen LogP contribution in [0.3, 0.4) is 0 Å². The van der Waals surface area contributed by atoms with E-state index in [1.807, 2.05) is 21.6 Å². The lowest BCUT2D eigenvalue weighted by atomic mass is 10.1. The third kappa shape index (κ3) is 6.39. The van der Waals surface area contributed by atoms with Crippen molar-refractivity contribution >= 4 is 33.6 Å². The van der Waals surface area contributed by atoms with Crippen molar-refractivity contribution in [3.8, 4) is 0 Å². The fourth-order valence-electron chi connectivity index (χ4n) is 1.57. The van der Waals surface area contributed by atoms with Crippen molar-refractivity contribution in [3.63, 3.8) is 0 Å². The summed E-state index contributed by atoms with van der Waals surface area (Å²) in [5, 5.41) is 14.4. The highest BCUT2D eigenvalue weighted by Crippen LogP contribution is 2.39. The van der Waals surface area contributed by atoms with Gasteiger partial charge in [-0.3, -0.25) is 4.79 Å². The van der Waals surface area contributed by atoms with Gasteiger partial charge in [-0.15, -0.1) is 0 Å². The van der Waals surface area contributed by atoms with Gasteiger partial charge in [-0.2, -0.15) is 0 Å². The number of carbonyl (C=O) groups is 2. The van der Waals surface area contributed by atoms with Gasteiger partial charge in [-0.05, 0) is 26.2 Å². The second-order valence-corrected chi connectivity index (χ2v) is 7.07. The van der Waals surface area contributed by atoms with Crippen LogP contribution >= 0.6 is 21.6 Å². The van der Waals surface area contributed by atoms with Crippen LogP contribution in [0.1, 0.15) is 32.6 Å². The Balaban J connectivity index is 1.96. The quantitative estimate of drug-likeness (QED) is 0.494. The van der Waals surface area contributed by atoms with Crippen LogP contribution < -0.4 is 10.6 Å². The van der Waals surface area contributed by atoms with E-state index in [4.69, 9.17) is 5.11 Å². The molecule has 2 amide bonds. The minimum Gasteiger partial charge on any atom is -0.480 e. The molecular weight excluding hydrogens is 272 g/mol. The largest absolute Gasteiger partial charge is 0.480 e. The molecule has 0 spiro atoms. The third-order valence-electron chi connectivity index (χ3n) is 2.68. The predicted molar refractivity (Wildman–Crippen MR) is 75.9 cm³/mol. The molecule has 2 atom stereocenters. The van der Waals surface area contributed by atoms with Gasteiger partial charge in [0.2, 0.25) is 0 Å². The molecule has 0 aromatic carbocycles. The Bertz CT molecular complexity index is 283. The van der Waals surface area contributed by atoms with Crippen molar-refractivity contribution in [2.45, 2.75) is 43.9 Å². The number of carbonyl (C=O) groups excluding carboxylic acids is 1. The molecule has 1 saturated heterocycles. The maximum atomic E-state index is 11.3. The molecule has 1 aliphatic rings. The summed E-state index contributed by atoms with van der Waals surface area (Å²) in [4.78, 5) is 21.8. The average molecular weight is 292 g/mol. The van der Waals surface area contributed by atoms with Crippen LogP contribution in [0, 0.1) is 0 Å². The molecule has 5 nitrogen and oxygen atoms in total. The summed E-state index contributed by atoms with van der Waals surface area (Å²) in [6.07, 6.45) is 4.54. The van der Waals surface area contributed by atoms with Crippen molar-refractivity contribution in [3.05, 3.63) is 0 Å². The minimum atomic E-state index is -1.03. The molecule has 18 heavy (non-hydrogen) atoms. The van der Waals surface area contributed by atoms with Crippen LogP contribution in [-0.4, -0.2) is 40.7 Å². The molecular formula is C11H20N2O3S2. The van der Waals surface area contributed by atoms with E-state index in [9.17, 15) is 9.59 Å². The number of unbranched alkanes of at least 4 members (excludes halogenated alkanes) is 1. The maximum Gasteiger partial charge on any atom is 0.325 e. The van der Waals surface area contributed by atoms with Gasteiger partial charge in [-0.1, -0.05) is 28.0 Å². The summed E-state index contributed by atoms with van der Waals surface area (Å²) < 4.78 is 0. The number of urea groups is 1. The number of carboxylic acid groups (broad SMARTS) is 1. The number of nitrogens with one attached hydrogen (secondary N) is 2. The normalized spacial score (nSPS) is 20.4. The monoisotopic (exact) mass is 292 g/mol. The van der Waals surface area contributed by atoms with E-state index in [0.29, 0.717) is 6.54 Å². The van der Waals surface area contributed by atoms with Crippen molar-refractivity contribution in [1.82, 2.24) is 10.6 Å². The van der Waals surface area contributed by atoms with E-state index >= 15 is 0 Å². The molecule has 3 N–H and O–H groups in total. The van der Waals surface area contributed by atoms with Crippen molar-refractivity contribution < 1.29 is 14.7 Å². The molecule has 1 heterocycles. The van der Waals surface area contributed by atoms with Crippen LogP contribution in [-0.2, 0) is 4.79 Å². The van der Waals surface area contributed by atoms with Crippen molar-refractivity contribution in [2.75, 3.05) is 12.3 Å². The summed E-state index contributed by atoms with van der Waals surface area (Å²) in [5.74, 6) is 0.226. The molecule has 1 rings (SSSR count). The Hall–Kier alpha value is -0.560. The van der Waals surface area contributed by atoms with Crippen LogP contribution in [0.5, 0.6) is 0 Å². The topological polar surface area (TPSA) is 78.4 Å². The van der Waals surface area contributed by atoms with E-state index in [0.717, 1.165) is 18.1 Å². The Labute approximate surface area is 115 Å². The molecule has 0 radical (unpaired) electrons. The van der Waals surface area contributed by atoms with Gasteiger partial charge in [0.25, 0.3) is 0 Å². The molecule has 1 unspecified atom stereocenters. The van der Waals surface area contributed by atoms with Crippen molar-refractivity contribution in [1.29, 1.82) is 0 Å². The fourth-order valence-corrected chi connectivity index (χ4v) is 4.60. The van der Waals surface area contributed by atoms with Crippen LogP contribution in [0.15, 0.2) is 0 Å². The molecule has 0 aliphatic carbocycles. The summed E-state index contributed by atoms with van der Waals surface area (Å²) >= 11 is 0. The van der Waals surface area contributed by atoms with E-state index in [1.165, 1.54) is 25.5 Å². The van der Waals surface area contributed by atoms with Gasteiger partial charge in [0.15, 0.2) is 0 Å². The lowest BCUT2D eigenvalue weighted by molar-refractivity contribution is -0.138. The molecule has 104 valence electrons. The van der Waals surface area contributed by atoms with Crippen molar-refractivity contribution in [2.24, 2.45) is 0 Å². The second kappa shape index (κ2) is 8.53. The third-order valence-corrected chi connectivity index (χ3v) is 5.69. The fraction of sp³-hybridized carbons (Fsp3) is 0.818. The predicted octanol–water partition coefficient (Wildman–Crippen LogP) is 2.08. The first kappa shape index (κ1) is 15.5. The smallest absolute Gasteiger partial charge is 0.325 e. The standard InChI is InChI=1S/C11H20N2O3S2/c1-8(10(14)15)13-11(16)12-6-3-2-4-9-5-7-17-18-9/h8-9H,2-7H2,1H3,(H,14,15)(H2,12,13,16)/t8-,9?/m1/s1. The zero-order chi connectivity index (χ0) is 13.4. The lowest BCUT2D eigenvalue weighted by Gasteiger charge is -2.11. The van der Waals surface area contributed by atoms with E-state index in [1.54, 1.807) is 0 Å². The van der Waals surface area contributed by atoms with Gasteiger partial charge < -0.3 is 15.7 Å². The Kier molecular flexibility index (Phi) is 7.34. The average Bonchev–Trinajstić information content (AvgIpc) is 2.81. The first-order chi connectivity index (χ1) is 8.59. The van der Waals surface area contributed by atoms with Crippen LogP contribution in [0.4, 0.5) is 4.79 Å². The van der Waals surface area contributed by atoms with E-state index in [2.05, 4.69) is 10.6 Å². The van der Waals surface area contributed by atoms with Crippen LogP contribution in [0.2, 0.25) is 0 Å². The number of amides is 2. The van der Waals surface area contributed by atoms with Gasteiger partial charge in [0.1, 0.15) is 6.04 Å². The number of aliphatic carboxylic acids is 1. The van der Waals surface area contributed by atoms with Gasteiger partial charge in [-0.25, -0.2) is 4.79 Å². The highest BCUT2D eigenvalue weighted by atomic mass is 33.1. The summed E-state index contributed by atoms with van der Waals surface area (Å²) in [6.45, 7) is 2.04. The first-order valence-corrected chi connectivity index (χ1v) is 8.53. The summed E-state index contributed by atoms with van der Waals surface area (Å²) in [6, 6.07) is -1.26. The number of carboxylic acids is 1. The number of hydrogen-bond donors (Lipinski definition) is 3. The highest BCUT2D eigenvalue weighted by molar-refractivity contribution is 8.77. The Morgan fingerprint density at radius 2 is 2.22 bits per heavy atom. The Morgan fingerprint density at radius 3 is 2.83 bits per heavy atom. The van der Waals surface area contributed by atoms with Gasteiger partial charge >= 0.3 is 12.0 Å². The molecule has 0 bridgehead atoms. The number of hydrogen-bond acceptors (Lipinski definition) is 4. The molecule has 1 aliphatic heterocycles. The van der Waals surface area contributed by atoms with Gasteiger partial charge in [0, 0.05) is 17.5 Å².